The number of anilines is 1. The van der Waals surface area contributed by atoms with Crippen LogP contribution >= 0.6 is 11.6 Å². The average molecular weight is 252 g/mol. The molecule has 1 aliphatic rings. The Morgan fingerprint density at radius 2 is 2.06 bits per heavy atom. The zero-order valence-corrected chi connectivity index (χ0v) is 9.65. The van der Waals surface area contributed by atoms with Crippen molar-refractivity contribution in [1.29, 1.82) is 0 Å². The highest BCUT2D eigenvalue weighted by Crippen LogP contribution is 2.44. The lowest BCUT2D eigenvalue weighted by atomic mass is 10.2. The van der Waals surface area contributed by atoms with E-state index in [1.165, 1.54) is 0 Å². The number of fused-ring (bicyclic) bond motifs is 1. The van der Waals surface area contributed by atoms with Crippen molar-refractivity contribution in [2.45, 2.75) is 0 Å². The second-order valence-electron chi connectivity index (χ2n) is 3.62. The van der Waals surface area contributed by atoms with E-state index in [1.54, 1.807) is 29.4 Å². The summed E-state index contributed by atoms with van der Waals surface area (Å²) in [6, 6.07) is 1.74. The molecule has 0 radical (unpaired) electrons. The van der Waals surface area contributed by atoms with Crippen molar-refractivity contribution >= 4 is 17.3 Å². The summed E-state index contributed by atoms with van der Waals surface area (Å²) in [5, 5.41) is 0.443. The van der Waals surface area contributed by atoms with E-state index < -0.39 is 0 Å². The highest BCUT2D eigenvalue weighted by atomic mass is 35.5. The molecule has 0 unspecified atom stereocenters. The first-order valence-corrected chi connectivity index (χ1v) is 5.51. The van der Waals surface area contributed by atoms with Crippen LogP contribution in [-0.2, 0) is 0 Å². The fourth-order valence-corrected chi connectivity index (χ4v) is 1.96. The molecule has 2 N–H and O–H groups in total. The number of ether oxygens (including phenoxy) is 2. The Kier molecular flexibility index (Phi) is 2.33. The Labute approximate surface area is 103 Å². The zero-order valence-electron chi connectivity index (χ0n) is 8.89. The molecule has 0 bridgehead atoms. The minimum atomic E-state index is 0.408. The maximum absolute atomic E-state index is 6.07. The predicted octanol–water partition coefficient (Wildman–Crippen LogP) is 1.88. The Morgan fingerprint density at radius 3 is 2.76 bits per heavy atom. The van der Waals surface area contributed by atoms with Gasteiger partial charge in [0.05, 0.1) is 22.7 Å². The van der Waals surface area contributed by atoms with Gasteiger partial charge >= 0.3 is 0 Å². The maximum Gasteiger partial charge on any atom is 0.188 e. The molecule has 1 aromatic heterocycles. The number of nitrogen functional groups attached to an aromatic ring is 1. The molecule has 2 aromatic rings. The van der Waals surface area contributed by atoms with Crippen molar-refractivity contribution in [3.63, 3.8) is 0 Å². The molecule has 2 heterocycles. The molecule has 0 aliphatic carbocycles. The molecular weight excluding hydrogens is 242 g/mol. The van der Waals surface area contributed by atoms with Crippen molar-refractivity contribution in [2.75, 3.05) is 18.9 Å². The minimum Gasteiger partial charge on any atom is -0.484 e. The van der Waals surface area contributed by atoms with E-state index in [0.29, 0.717) is 35.4 Å². The Bertz CT molecular complexity index is 554. The highest BCUT2D eigenvalue weighted by Gasteiger charge is 2.22. The molecule has 88 valence electrons. The third-order valence-corrected chi connectivity index (χ3v) is 2.88. The van der Waals surface area contributed by atoms with Gasteiger partial charge in [0.1, 0.15) is 13.2 Å². The van der Waals surface area contributed by atoms with Gasteiger partial charge in [-0.25, -0.2) is 4.98 Å². The summed E-state index contributed by atoms with van der Waals surface area (Å²) < 4.78 is 12.9. The van der Waals surface area contributed by atoms with E-state index in [4.69, 9.17) is 26.8 Å². The van der Waals surface area contributed by atoms with Crippen molar-refractivity contribution < 1.29 is 9.47 Å². The Morgan fingerprint density at radius 1 is 1.29 bits per heavy atom. The molecule has 3 rings (SSSR count). The number of halogens is 1. The Balaban J connectivity index is 2.25. The molecule has 0 spiro atoms. The fourth-order valence-electron chi connectivity index (χ4n) is 1.77. The average Bonchev–Trinajstić information content (AvgIpc) is 2.87. The molecule has 0 fully saturated rings. The molecule has 0 amide bonds. The first-order valence-electron chi connectivity index (χ1n) is 5.13. The molecule has 1 aliphatic heterocycles. The quantitative estimate of drug-likeness (QED) is 0.786. The first-order chi connectivity index (χ1) is 8.27. The van der Waals surface area contributed by atoms with Gasteiger partial charge < -0.3 is 19.8 Å². The van der Waals surface area contributed by atoms with Gasteiger partial charge in [0.2, 0.25) is 0 Å². The van der Waals surface area contributed by atoms with E-state index in [9.17, 15) is 0 Å². The number of benzene rings is 1. The third-order valence-electron chi connectivity index (χ3n) is 2.56. The van der Waals surface area contributed by atoms with Crippen LogP contribution in [0, 0.1) is 0 Å². The normalized spacial score (nSPS) is 13.7. The maximum atomic E-state index is 6.07. The van der Waals surface area contributed by atoms with Crippen LogP contribution < -0.4 is 15.2 Å². The van der Waals surface area contributed by atoms with Gasteiger partial charge in [-0.15, -0.1) is 0 Å². The summed E-state index contributed by atoms with van der Waals surface area (Å²) in [6.07, 6.45) is 5.15. The van der Waals surface area contributed by atoms with Crippen molar-refractivity contribution in [1.82, 2.24) is 9.55 Å². The number of imidazole rings is 1. The summed E-state index contributed by atoms with van der Waals surface area (Å²) in [5.74, 6) is 1.11. The van der Waals surface area contributed by atoms with E-state index in [2.05, 4.69) is 4.98 Å². The van der Waals surface area contributed by atoms with Gasteiger partial charge in [-0.2, -0.15) is 0 Å². The smallest absolute Gasteiger partial charge is 0.188 e. The largest absolute Gasteiger partial charge is 0.484 e. The molecule has 17 heavy (non-hydrogen) atoms. The van der Waals surface area contributed by atoms with Crippen molar-refractivity contribution in [3.8, 4) is 17.2 Å². The monoisotopic (exact) mass is 251 g/mol. The van der Waals surface area contributed by atoms with Gasteiger partial charge in [-0.3, -0.25) is 0 Å². The second kappa shape index (κ2) is 3.85. The molecule has 0 atom stereocenters. The van der Waals surface area contributed by atoms with Crippen LogP contribution in [0.1, 0.15) is 0 Å². The van der Waals surface area contributed by atoms with Crippen LogP contribution in [-0.4, -0.2) is 22.8 Å². The van der Waals surface area contributed by atoms with E-state index in [0.717, 1.165) is 5.69 Å². The predicted molar refractivity (Wildman–Crippen MR) is 64.0 cm³/mol. The standard InChI is InChI=1S/C11H10ClN3O2/c12-7-5-8(15-2-1-14-6-15)10-11(9(7)13)17-4-3-16-10/h1-2,5-6H,3-4,13H2. The van der Waals surface area contributed by atoms with Gasteiger partial charge in [0, 0.05) is 12.4 Å². The van der Waals surface area contributed by atoms with E-state index >= 15 is 0 Å². The second-order valence-corrected chi connectivity index (χ2v) is 4.02. The molecule has 5 nitrogen and oxygen atoms in total. The van der Waals surface area contributed by atoms with Crippen molar-refractivity contribution in [2.24, 2.45) is 0 Å². The molecular formula is C11H10ClN3O2. The Hall–Kier alpha value is -1.88. The number of nitrogens with two attached hydrogens (primary N) is 1. The number of hydrogen-bond donors (Lipinski definition) is 1. The minimum absolute atomic E-state index is 0.408. The highest BCUT2D eigenvalue weighted by molar-refractivity contribution is 6.33. The lowest BCUT2D eigenvalue weighted by Crippen LogP contribution is -2.18. The lowest BCUT2D eigenvalue weighted by Gasteiger charge is -2.23. The van der Waals surface area contributed by atoms with Gasteiger partial charge in [-0.05, 0) is 6.07 Å². The number of hydrogen-bond acceptors (Lipinski definition) is 4. The zero-order chi connectivity index (χ0) is 11.8. The molecule has 6 heteroatoms. The van der Waals surface area contributed by atoms with Gasteiger partial charge in [-0.1, -0.05) is 11.6 Å². The van der Waals surface area contributed by atoms with Crippen LogP contribution in [0.4, 0.5) is 5.69 Å². The number of nitrogens with zero attached hydrogens (tertiary/aromatic N) is 2. The summed E-state index contributed by atoms with van der Waals surface area (Å²) >= 11 is 6.07. The van der Waals surface area contributed by atoms with Crippen LogP contribution in [0.25, 0.3) is 5.69 Å². The van der Waals surface area contributed by atoms with Crippen LogP contribution in [0.2, 0.25) is 5.02 Å². The van der Waals surface area contributed by atoms with E-state index in [-0.39, 0.29) is 0 Å². The van der Waals surface area contributed by atoms with Crippen molar-refractivity contribution in [3.05, 3.63) is 29.8 Å². The summed E-state index contributed by atoms with van der Waals surface area (Å²) in [6.45, 7) is 0.969. The molecule has 1 aromatic carbocycles. The van der Waals surface area contributed by atoms with Crippen LogP contribution in [0.3, 0.4) is 0 Å². The number of aromatic nitrogens is 2. The SMILES string of the molecule is Nc1c(Cl)cc(-n2ccnc2)c2c1OCCO2. The third kappa shape index (κ3) is 1.59. The topological polar surface area (TPSA) is 62.3 Å². The van der Waals surface area contributed by atoms with Gasteiger partial charge in [0.15, 0.2) is 11.5 Å². The van der Waals surface area contributed by atoms with Gasteiger partial charge in [0.25, 0.3) is 0 Å². The summed E-state index contributed by atoms with van der Waals surface area (Å²) in [7, 11) is 0. The molecule has 0 saturated heterocycles. The van der Waals surface area contributed by atoms with Crippen LogP contribution in [0.15, 0.2) is 24.8 Å². The summed E-state index contributed by atoms with van der Waals surface area (Å²) in [4.78, 5) is 3.99. The lowest BCUT2D eigenvalue weighted by molar-refractivity contribution is 0.172. The summed E-state index contributed by atoms with van der Waals surface area (Å²) in [5.41, 5.74) is 7.05. The first kappa shape index (κ1) is 10.3. The number of rotatable bonds is 1. The van der Waals surface area contributed by atoms with E-state index in [1.807, 2.05) is 0 Å². The fraction of sp³-hybridized carbons (Fsp3) is 0.182. The van der Waals surface area contributed by atoms with Crippen LogP contribution in [0.5, 0.6) is 11.5 Å². The molecule has 0 saturated carbocycles.